The van der Waals surface area contributed by atoms with E-state index >= 15 is 0 Å². The van der Waals surface area contributed by atoms with Gasteiger partial charge in [-0.1, -0.05) is 0 Å². The van der Waals surface area contributed by atoms with E-state index in [-0.39, 0.29) is 0 Å². The second kappa shape index (κ2) is 3.46. The number of thioether (sulfide) groups is 1. The van der Waals surface area contributed by atoms with Gasteiger partial charge in [-0.25, -0.2) is 2.90 Å². The molecular weight excluding hydrogens is 247 g/mol. The normalized spacial score (nSPS) is 10.0. The molecule has 0 saturated carbocycles. The monoisotopic (exact) mass is 254 g/mol. The highest BCUT2D eigenvalue weighted by atomic mass is 127. The van der Waals surface area contributed by atoms with Crippen LogP contribution in [0.15, 0.2) is 12.3 Å². The van der Waals surface area contributed by atoms with Crippen LogP contribution in [0, 0.1) is 0 Å². The summed E-state index contributed by atoms with van der Waals surface area (Å²) in [5.74, 6) is 1.01. The molecule has 0 N–H and O–H groups in total. The lowest BCUT2D eigenvalue weighted by Gasteiger charge is -1.86. The number of aromatic nitrogens is 2. The van der Waals surface area contributed by atoms with Gasteiger partial charge in [-0.15, -0.1) is 0 Å². The molecule has 50 valence electrons. The highest BCUT2D eigenvalue weighted by Crippen LogP contribution is 2.06. The van der Waals surface area contributed by atoms with Crippen molar-refractivity contribution in [1.29, 1.82) is 0 Å². The molecule has 0 spiro atoms. The molecule has 2 nitrogen and oxygen atoms in total. The van der Waals surface area contributed by atoms with Crippen molar-refractivity contribution in [1.82, 2.24) is 7.99 Å². The van der Waals surface area contributed by atoms with Crippen LogP contribution in [0.4, 0.5) is 0 Å². The fourth-order valence-corrected chi connectivity index (χ4v) is 1.45. The summed E-state index contributed by atoms with van der Waals surface area (Å²) < 4.78 is 1.79. The van der Waals surface area contributed by atoms with Gasteiger partial charge in [-0.05, 0) is 12.3 Å². The van der Waals surface area contributed by atoms with Crippen LogP contribution in [0.25, 0.3) is 0 Å². The summed E-state index contributed by atoms with van der Waals surface area (Å²) in [5.41, 5.74) is 1.15. The predicted molar refractivity (Wildman–Crippen MR) is 48.9 cm³/mol. The van der Waals surface area contributed by atoms with Crippen LogP contribution in [0.2, 0.25) is 0 Å². The lowest BCUT2D eigenvalue weighted by Crippen LogP contribution is -1.82. The van der Waals surface area contributed by atoms with Gasteiger partial charge in [-0.2, -0.15) is 16.9 Å². The van der Waals surface area contributed by atoms with Gasteiger partial charge in [0, 0.05) is 11.9 Å². The molecule has 0 bridgehead atoms. The van der Waals surface area contributed by atoms with Crippen molar-refractivity contribution >= 4 is 34.6 Å². The quantitative estimate of drug-likeness (QED) is 0.750. The van der Waals surface area contributed by atoms with Crippen molar-refractivity contribution in [2.75, 3.05) is 6.26 Å². The van der Waals surface area contributed by atoms with E-state index in [1.165, 1.54) is 0 Å². The summed E-state index contributed by atoms with van der Waals surface area (Å²) in [7, 11) is 0. The SMILES string of the molecule is CSCc1ccn(I)n1. The zero-order valence-electron chi connectivity index (χ0n) is 5.04. The molecule has 0 aliphatic carbocycles. The van der Waals surface area contributed by atoms with Crippen molar-refractivity contribution in [3.8, 4) is 0 Å². The van der Waals surface area contributed by atoms with E-state index in [2.05, 4.69) is 34.2 Å². The molecule has 0 amide bonds. The van der Waals surface area contributed by atoms with E-state index in [0.29, 0.717) is 0 Å². The molecule has 0 radical (unpaired) electrons. The van der Waals surface area contributed by atoms with Crippen molar-refractivity contribution in [3.63, 3.8) is 0 Å². The second-order valence-electron chi connectivity index (χ2n) is 1.63. The smallest absolute Gasteiger partial charge is 0.0843 e. The predicted octanol–water partition coefficient (Wildman–Crippen LogP) is 1.94. The molecule has 4 heteroatoms. The van der Waals surface area contributed by atoms with Crippen molar-refractivity contribution < 1.29 is 0 Å². The third-order valence-corrected chi connectivity index (χ3v) is 2.03. The molecule has 1 aromatic heterocycles. The molecule has 0 unspecified atom stereocenters. The minimum absolute atomic E-state index is 1.01. The number of halogens is 1. The summed E-state index contributed by atoms with van der Waals surface area (Å²) in [4.78, 5) is 0. The Bertz CT molecular complexity index is 187. The Labute approximate surface area is 72.5 Å². The van der Waals surface area contributed by atoms with E-state index in [9.17, 15) is 0 Å². The van der Waals surface area contributed by atoms with Crippen LogP contribution in [-0.4, -0.2) is 14.2 Å². The lowest BCUT2D eigenvalue weighted by molar-refractivity contribution is 1.01. The van der Waals surface area contributed by atoms with E-state index in [1.807, 2.05) is 12.3 Å². The zero-order chi connectivity index (χ0) is 6.69. The molecule has 1 rings (SSSR count). The first-order valence-corrected chi connectivity index (χ1v) is 4.88. The van der Waals surface area contributed by atoms with Gasteiger partial charge in [0.1, 0.15) is 0 Å². The van der Waals surface area contributed by atoms with E-state index < -0.39 is 0 Å². The molecule has 0 saturated heterocycles. The number of nitrogens with zero attached hydrogens (tertiary/aromatic N) is 2. The minimum Gasteiger partial charge on any atom is -0.211 e. The molecule has 0 aliphatic rings. The Morgan fingerprint density at radius 3 is 3.11 bits per heavy atom. The van der Waals surface area contributed by atoms with Gasteiger partial charge in [0.2, 0.25) is 0 Å². The van der Waals surface area contributed by atoms with Gasteiger partial charge in [0.25, 0.3) is 0 Å². The molecule has 0 aromatic carbocycles. The molecule has 1 aromatic rings. The Kier molecular flexibility index (Phi) is 2.84. The van der Waals surface area contributed by atoms with Gasteiger partial charge >= 0.3 is 0 Å². The van der Waals surface area contributed by atoms with Crippen LogP contribution in [0.5, 0.6) is 0 Å². The van der Waals surface area contributed by atoms with Crippen LogP contribution in [0.1, 0.15) is 5.69 Å². The first-order valence-electron chi connectivity index (χ1n) is 2.52. The molecule has 0 aliphatic heterocycles. The highest BCUT2D eigenvalue weighted by Gasteiger charge is 1.92. The van der Waals surface area contributed by atoms with Crippen LogP contribution in [0.3, 0.4) is 0 Å². The second-order valence-corrected chi connectivity index (χ2v) is 3.48. The average Bonchev–Trinajstić information content (AvgIpc) is 2.17. The maximum atomic E-state index is 4.18. The van der Waals surface area contributed by atoms with Gasteiger partial charge in [0.15, 0.2) is 0 Å². The Balaban J connectivity index is 2.61. The van der Waals surface area contributed by atoms with Crippen molar-refractivity contribution in [3.05, 3.63) is 18.0 Å². The molecule has 0 fully saturated rings. The number of rotatable bonds is 2. The zero-order valence-corrected chi connectivity index (χ0v) is 8.02. The van der Waals surface area contributed by atoms with Gasteiger partial charge in [0.05, 0.1) is 28.6 Å². The Hall–Kier alpha value is 0.290. The Morgan fingerprint density at radius 2 is 2.67 bits per heavy atom. The molecule has 1 heterocycles. The summed E-state index contributed by atoms with van der Waals surface area (Å²) in [6.07, 6.45) is 4.03. The number of hydrogen-bond acceptors (Lipinski definition) is 2. The fraction of sp³-hybridized carbons (Fsp3) is 0.400. The standard InChI is InChI=1S/C5H7IN2S/c1-9-4-5-2-3-8(6)7-5/h2-3H,4H2,1H3. The largest absolute Gasteiger partial charge is 0.211 e. The van der Waals surface area contributed by atoms with Gasteiger partial charge in [-0.3, -0.25) is 0 Å². The Morgan fingerprint density at radius 1 is 1.89 bits per heavy atom. The minimum atomic E-state index is 1.01. The molecule has 0 atom stereocenters. The first-order chi connectivity index (χ1) is 4.33. The summed E-state index contributed by atoms with van der Waals surface area (Å²) in [5, 5.41) is 4.18. The van der Waals surface area contributed by atoms with Gasteiger partial charge < -0.3 is 0 Å². The average molecular weight is 254 g/mol. The summed E-state index contributed by atoms with van der Waals surface area (Å²) in [6, 6.07) is 2.03. The topological polar surface area (TPSA) is 17.8 Å². The lowest BCUT2D eigenvalue weighted by atomic mass is 10.5. The molecule has 9 heavy (non-hydrogen) atoms. The van der Waals surface area contributed by atoms with E-state index in [4.69, 9.17) is 0 Å². The summed E-state index contributed by atoms with van der Waals surface area (Å²) >= 11 is 3.93. The van der Waals surface area contributed by atoms with Crippen molar-refractivity contribution in [2.24, 2.45) is 0 Å². The maximum absolute atomic E-state index is 4.18. The third-order valence-electron chi connectivity index (χ3n) is 0.906. The van der Waals surface area contributed by atoms with Crippen LogP contribution >= 0.6 is 34.6 Å². The maximum Gasteiger partial charge on any atom is 0.0843 e. The van der Waals surface area contributed by atoms with E-state index in [0.717, 1.165) is 11.4 Å². The highest BCUT2D eigenvalue weighted by molar-refractivity contribution is 14.1. The van der Waals surface area contributed by atoms with Crippen molar-refractivity contribution in [2.45, 2.75) is 5.75 Å². The third kappa shape index (κ3) is 2.17. The molecular formula is C5H7IN2S. The fourth-order valence-electron chi connectivity index (χ4n) is 0.562. The van der Waals surface area contributed by atoms with Crippen LogP contribution < -0.4 is 0 Å². The van der Waals surface area contributed by atoms with E-state index in [1.54, 1.807) is 14.7 Å². The number of hydrogen-bond donors (Lipinski definition) is 0. The first kappa shape index (κ1) is 7.40. The van der Waals surface area contributed by atoms with Crippen LogP contribution in [-0.2, 0) is 5.75 Å². The summed E-state index contributed by atoms with van der Waals surface area (Å²) in [6.45, 7) is 0.